The van der Waals surface area contributed by atoms with Crippen molar-refractivity contribution in [2.75, 3.05) is 20.5 Å². The molecule has 0 saturated carbocycles. The molecule has 48 heavy (non-hydrogen) atoms. The second-order valence-corrected chi connectivity index (χ2v) is 13.1. The van der Waals surface area contributed by atoms with Crippen molar-refractivity contribution in [1.82, 2.24) is 0 Å². The molecule has 0 spiro atoms. The van der Waals surface area contributed by atoms with Gasteiger partial charge in [0.1, 0.15) is 35.8 Å². The first-order chi connectivity index (χ1) is 22.0. The van der Waals surface area contributed by atoms with E-state index < -0.39 is 81.4 Å². The highest BCUT2D eigenvalue weighted by Crippen LogP contribution is 2.50. The first kappa shape index (κ1) is 37.3. The lowest BCUT2D eigenvalue weighted by atomic mass is 10.0. The number of benzene rings is 3. The van der Waals surface area contributed by atoms with Gasteiger partial charge in [-0.2, -0.15) is 48.3 Å². The summed E-state index contributed by atoms with van der Waals surface area (Å²) >= 11 is 0. The van der Waals surface area contributed by atoms with Crippen molar-refractivity contribution >= 4 is 21.0 Å². The molecule has 0 amide bonds. The quantitative estimate of drug-likeness (QED) is 0.0688. The Balaban J connectivity index is 1.68. The molecule has 1 heterocycles. The highest BCUT2D eigenvalue weighted by atomic mass is 32.2. The Kier molecular flexibility index (Phi) is 10.1. The first-order valence-corrected chi connectivity index (χ1v) is 15.4. The number of rotatable bonds is 11. The molecule has 0 fully saturated rings. The van der Waals surface area contributed by atoms with Gasteiger partial charge in [0.25, 0.3) is 11.7 Å². The Morgan fingerprint density at radius 1 is 0.792 bits per heavy atom. The fourth-order valence-electron chi connectivity index (χ4n) is 4.14. The summed E-state index contributed by atoms with van der Waals surface area (Å²) in [6, 6.07) is 13.3. The van der Waals surface area contributed by atoms with Crippen molar-refractivity contribution in [1.29, 1.82) is 0 Å². The van der Waals surface area contributed by atoms with E-state index >= 15 is 0 Å². The maximum atomic E-state index is 14.0. The maximum absolute atomic E-state index is 14.0. The minimum absolute atomic E-state index is 0.112. The lowest BCUT2D eigenvalue weighted by molar-refractivity contribution is -0.397. The number of alkyl halides is 11. The summed E-state index contributed by atoms with van der Waals surface area (Å²) in [6.45, 7) is -3.41. The summed E-state index contributed by atoms with van der Waals surface area (Å²) in [5.74, 6) is -1.54. The number of para-hydroxylation sites is 1. The van der Waals surface area contributed by atoms with Crippen molar-refractivity contribution in [3.8, 4) is 23.0 Å². The molecule has 3 aromatic carbocycles. The summed E-state index contributed by atoms with van der Waals surface area (Å²) in [7, 11) is -7.26. The van der Waals surface area contributed by atoms with E-state index in [0.717, 1.165) is 37.4 Å². The molecule has 1 aliphatic rings. The predicted molar refractivity (Wildman–Crippen MR) is 140 cm³/mol. The van der Waals surface area contributed by atoms with E-state index in [1.165, 1.54) is 24.3 Å². The largest absolute Gasteiger partial charge is 0.743 e. The van der Waals surface area contributed by atoms with Crippen LogP contribution in [-0.4, -0.2) is 69.0 Å². The standard InChI is InChI=1S/C27H19F11O8S2/c1-42-14-44-23(26(33,34)35,27(36,37)38)13-43-15-6-9-17(10-7-15)47-20-5-3-2-4-18(20)46-19-12-16(8-11-21(19)47)45-22(24(28,29)30)25(31,32)48(39,40)41/h2-12,22H,13-14H2,1H3. The van der Waals surface area contributed by atoms with Crippen molar-refractivity contribution in [3.63, 3.8) is 0 Å². The maximum Gasteiger partial charge on any atom is 0.432 e. The van der Waals surface area contributed by atoms with E-state index in [2.05, 4.69) is 14.2 Å². The van der Waals surface area contributed by atoms with Gasteiger partial charge in [-0.05, 0) is 42.5 Å². The number of ether oxygens (including phenoxy) is 5. The van der Waals surface area contributed by atoms with Gasteiger partial charge in [-0.25, -0.2) is 8.42 Å². The number of hydrogen-bond donors (Lipinski definition) is 0. The SMILES string of the molecule is COCOC(COc1ccc([S+]2c3ccccc3Oc3cc(OC(C(F)(F)F)C(F)(F)S(=O)(=O)[O-])ccc32)cc1)(C(F)(F)F)C(F)(F)F. The zero-order valence-electron chi connectivity index (χ0n) is 23.6. The van der Waals surface area contributed by atoms with Crippen molar-refractivity contribution in [3.05, 3.63) is 66.7 Å². The molecule has 0 bridgehead atoms. The Bertz CT molecular complexity index is 1700. The molecule has 1 aliphatic heterocycles. The first-order valence-electron chi connectivity index (χ1n) is 12.7. The lowest BCUT2D eigenvalue weighted by Crippen LogP contribution is -2.62. The van der Waals surface area contributed by atoms with Gasteiger partial charge >= 0.3 is 23.8 Å². The van der Waals surface area contributed by atoms with Crippen LogP contribution in [0.4, 0.5) is 48.3 Å². The minimum atomic E-state index is -6.83. The molecule has 0 aromatic heterocycles. The topological polar surface area (TPSA) is 103 Å². The smallest absolute Gasteiger partial charge is 0.432 e. The number of fused-ring (bicyclic) bond motifs is 2. The molecule has 0 N–H and O–H groups in total. The Morgan fingerprint density at radius 2 is 1.35 bits per heavy atom. The van der Waals surface area contributed by atoms with Crippen LogP contribution in [0, 0.1) is 0 Å². The van der Waals surface area contributed by atoms with Crippen LogP contribution < -0.4 is 14.2 Å². The van der Waals surface area contributed by atoms with Gasteiger partial charge < -0.3 is 28.2 Å². The number of methoxy groups -OCH3 is 1. The summed E-state index contributed by atoms with van der Waals surface area (Å²) < 4.78 is 206. The second kappa shape index (κ2) is 13.1. The molecule has 4 rings (SSSR count). The summed E-state index contributed by atoms with van der Waals surface area (Å²) in [5.41, 5.74) is -4.75. The number of hydrogen-bond acceptors (Lipinski definition) is 8. The van der Waals surface area contributed by atoms with Crippen LogP contribution in [0.3, 0.4) is 0 Å². The van der Waals surface area contributed by atoms with Gasteiger partial charge in [-0.15, -0.1) is 0 Å². The van der Waals surface area contributed by atoms with Crippen LogP contribution in [0.5, 0.6) is 23.0 Å². The Hall–Kier alpha value is -3.53. The van der Waals surface area contributed by atoms with Crippen molar-refractivity contribution < 1.29 is 84.9 Å². The highest BCUT2D eigenvalue weighted by molar-refractivity contribution is 7.97. The summed E-state index contributed by atoms with van der Waals surface area (Å²) in [5, 5.41) is -5.92. The van der Waals surface area contributed by atoms with Crippen LogP contribution in [0.2, 0.25) is 0 Å². The van der Waals surface area contributed by atoms with Gasteiger partial charge in [0.2, 0.25) is 9.79 Å². The minimum Gasteiger partial charge on any atom is -0.743 e. The molecule has 3 aromatic rings. The molecule has 8 nitrogen and oxygen atoms in total. The second-order valence-electron chi connectivity index (χ2n) is 9.65. The highest BCUT2D eigenvalue weighted by Gasteiger charge is 2.73. The third-order valence-corrected chi connectivity index (χ3v) is 9.63. The zero-order chi connectivity index (χ0) is 35.9. The Morgan fingerprint density at radius 3 is 1.90 bits per heavy atom. The van der Waals surface area contributed by atoms with E-state index in [0.29, 0.717) is 9.79 Å². The van der Waals surface area contributed by atoms with Gasteiger partial charge in [0.05, 0.1) is 0 Å². The fourth-order valence-corrected chi connectivity index (χ4v) is 6.77. The van der Waals surface area contributed by atoms with Crippen molar-refractivity contribution in [2.24, 2.45) is 0 Å². The normalized spacial score (nSPS) is 16.4. The molecule has 2 unspecified atom stereocenters. The summed E-state index contributed by atoms with van der Waals surface area (Å²) in [4.78, 5) is 0.979. The zero-order valence-corrected chi connectivity index (χ0v) is 25.2. The van der Waals surface area contributed by atoms with E-state index in [9.17, 15) is 61.3 Å². The molecule has 21 heteroatoms. The van der Waals surface area contributed by atoms with E-state index in [4.69, 9.17) is 9.47 Å². The van der Waals surface area contributed by atoms with Crippen molar-refractivity contribution in [2.45, 2.75) is 50.2 Å². The van der Waals surface area contributed by atoms with Crippen LogP contribution in [0.15, 0.2) is 81.4 Å². The summed E-state index contributed by atoms with van der Waals surface area (Å²) in [6.07, 6.45) is -22.3. The van der Waals surface area contributed by atoms with E-state index in [1.807, 2.05) is 0 Å². The van der Waals surface area contributed by atoms with Crippen LogP contribution in [0.25, 0.3) is 0 Å². The average Bonchev–Trinajstić information content (AvgIpc) is 2.96. The third kappa shape index (κ3) is 7.24. The molecular weight excluding hydrogens is 725 g/mol. The van der Waals surface area contributed by atoms with Crippen LogP contribution in [0.1, 0.15) is 0 Å². The molecular formula is C27H19F11O8S2. The molecule has 264 valence electrons. The van der Waals surface area contributed by atoms with E-state index in [1.54, 1.807) is 12.1 Å². The van der Waals surface area contributed by atoms with Gasteiger partial charge in [-0.3, -0.25) is 0 Å². The number of halogens is 11. The molecule has 2 atom stereocenters. The molecule has 0 radical (unpaired) electrons. The average molecular weight is 745 g/mol. The van der Waals surface area contributed by atoms with Gasteiger partial charge in [0, 0.05) is 19.2 Å². The van der Waals surface area contributed by atoms with E-state index in [-0.39, 0.29) is 16.4 Å². The fraction of sp³-hybridized carbons (Fsp3) is 0.333. The third-order valence-electron chi connectivity index (χ3n) is 6.45. The monoisotopic (exact) mass is 744 g/mol. The van der Waals surface area contributed by atoms with Gasteiger partial charge in [0.15, 0.2) is 26.5 Å². The van der Waals surface area contributed by atoms with Gasteiger partial charge in [-0.1, -0.05) is 12.1 Å². The molecule has 0 saturated heterocycles. The van der Waals surface area contributed by atoms with Crippen LogP contribution >= 0.6 is 0 Å². The lowest BCUT2D eigenvalue weighted by Gasteiger charge is -2.36. The molecule has 0 aliphatic carbocycles. The Labute approximate surface area is 266 Å². The van der Waals surface area contributed by atoms with Crippen LogP contribution in [-0.2, 0) is 30.5 Å². The predicted octanol–water partition coefficient (Wildman–Crippen LogP) is 7.20.